The van der Waals surface area contributed by atoms with E-state index in [-0.39, 0.29) is 17.9 Å². The summed E-state index contributed by atoms with van der Waals surface area (Å²) < 4.78 is 25.4. The molecular weight excluding hydrogens is 299 g/mol. The first-order valence-electron chi connectivity index (χ1n) is 4.49. The largest absolute Gasteiger partial charge is 0.481 e. The summed E-state index contributed by atoms with van der Waals surface area (Å²) in [6, 6.07) is 4.49. The first-order valence-corrected chi connectivity index (χ1v) is 6.78. The first kappa shape index (κ1) is 13.3. The van der Waals surface area contributed by atoms with Crippen LogP contribution in [0.25, 0.3) is 0 Å². The van der Waals surface area contributed by atoms with Gasteiger partial charge in [0.25, 0.3) is 0 Å². The molecule has 1 rings (SSSR count). The molecule has 1 unspecified atom stereocenters. The van der Waals surface area contributed by atoms with Gasteiger partial charge in [-0.25, -0.2) is 4.39 Å². The normalized spacial score (nSPS) is 12.4. The van der Waals surface area contributed by atoms with E-state index in [4.69, 9.17) is 5.11 Å². The highest BCUT2D eigenvalue weighted by Crippen LogP contribution is 2.16. The van der Waals surface area contributed by atoms with Crippen LogP contribution in [0.1, 0.15) is 12.0 Å². The Hall–Kier alpha value is -0.750. The third-order valence-electron chi connectivity index (χ3n) is 1.88. The summed E-state index contributed by atoms with van der Waals surface area (Å²) in [4.78, 5) is 10.3. The van der Waals surface area contributed by atoms with Gasteiger partial charge in [-0.3, -0.25) is 9.00 Å². The fraction of sp³-hybridized carbons (Fsp3) is 0.300. The molecule has 16 heavy (non-hydrogen) atoms. The molecule has 0 saturated carbocycles. The zero-order valence-corrected chi connectivity index (χ0v) is 10.7. The second-order valence-corrected chi connectivity index (χ2v) is 5.66. The van der Waals surface area contributed by atoms with Crippen LogP contribution >= 0.6 is 15.9 Å². The summed E-state index contributed by atoms with van der Waals surface area (Å²) in [5.74, 6) is -1.33. The molecule has 0 aliphatic carbocycles. The maximum atomic E-state index is 13.3. The van der Waals surface area contributed by atoms with Crippen LogP contribution in [-0.2, 0) is 21.3 Å². The Kier molecular flexibility index (Phi) is 5.08. The van der Waals surface area contributed by atoms with E-state index in [9.17, 15) is 13.4 Å². The topological polar surface area (TPSA) is 54.4 Å². The highest BCUT2D eigenvalue weighted by Gasteiger charge is 2.09. The molecule has 0 radical (unpaired) electrons. The van der Waals surface area contributed by atoms with Gasteiger partial charge in [-0.2, -0.15) is 0 Å². The molecule has 3 nitrogen and oxygen atoms in total. The predicted molar refractivity (Wildman–Crippen MR) is 63.1 cm³/mol. The Morgan fingerprint density at radius 1 is 1.50 bits per heavy atom. The fourth-order valence-electron chi connectivity index (χ4n) is 1.09. The van der Waals surface area contributed by atoms with Crippen molar-refractivity contribution >= 4 is 32.7 Å². The van der Waals surface area contributed by atoms with Crippen LogP contribution in [-0.4, -0.2) is 21.0 Å². The SMILES string of the molecule is O=C(O)CCS(=O)Cc1ccc(Br)cc1F. The van der Waals surface area contributed by atoms with Gasteiger partial charge in [0.05, 0.1) is 12.2 Å². The lowest BCUT2D eigenvalue weighted by molar-refractivity contribution is -0.136. The minimum atomic E-state index is -1.34. The van der Waals surface area contributed by atoms with Gasteiger partial charge >= 0.3 is 5.97 Å². The van der Waals surface area contributed by atoms with Crippen molar-refractivity contribution < 1.29 is 18.5 Å². The van der Waals surface area contributed by atoms with Crippen LogP contribution in [0.5, 0.6) is 0 Å². The van der Waals surface area contributed by atoms with E-state index < -0.39 is 22.6 Å². The van der Waals surface area contributed by atoms with Crippen molar-refractivity contribution in [1.29, 1.82) is 0 Å². The van der Waals surface area contributed by atoms with E-state index in [2.05, 4.69) is 15.9 Å². The van der Waals surface area contributed by atoms with Gasteiger partial charge in [0.1, 0.15) is 5.82 Å². The quantitative estimate of drug-likeness (QED) is 0.908. The van der Waals surface area contributed by atoms with E-state index in [1.807, 2.05) is 0 Å². The van der Waals surface area contributed by atoms with Crippen LogP contribution in [0.15, 0.2) is 22.7 Å². The molecule has 0 heterocycles. The Balaban J connectivity index is 2.59. The molecule has 1 aromatic rings. The lowest BCUT2D eigenvalue weighted by Crippen LogP contribution is -2.07. The van der Waals surface area contributed by atoms with Crippen LogP contribution < -0.4 is 0 Å². The number of carboxylic acid groups (broad SMARTS) is 1. The third kappa shape index (κ3) is 4.40. The van der Waals surface area contributed by atoms with Gasteiger partial charge in [0, 0.05) is 26.6 Å². The summed E-state index contributed by atoms with van der Waals surface area (Å²) in [6.45, 7) is 0. The van der Waals surface area contributed by atoms with E-state index in [0.717, 1.165) is 0 Å². The standard InChI is InChI=1S/C10H10BrFO3S/c11-8-2-1-7(9(12)5-8)6-16(15)4-3-10(13)14/h1-2,5H,3-4,6H2,(H,13,14). The first-order chi connectivity index (χ1) is 7.49. The lowest BCUT2D eigenvalue weighted by atomic mass is 10.2. The molecule has 1 aromatic carbocycles. The molecular formula is C10H10BrFO3S. The van der Waals surface area contributed by atoms with Crippen molar-refractivity contribution in [1.82, 2.24) is 0 Å². The summed E-state index contributed by atoms with van der Waals surface area (Å²) in [7, 11) is -1.34. The van der Waals surface area contributed by atoms with Crippen LogP contribution in [0.3, 0.4) is 0 Å². The van der Waals surface area contributed by atoms with Crippen molar-refractivity contribution in [3.63, 3.8) is 0 Å². The molecule has 1 N–H and O–H groups in total. The maximum absolute atomic E-state index is 13.3. The van der Waals surface area contributed by atoms with Gasteiger partial charge in [-0.05, 0) is 12.1 Å². The van der Waals surface area contributed by atoms with Gasteiger partial charge in [0.2, 0.25) is 0 Å². The number of benzene rings is 1. The van der Waals surface area contributed by atoms with Crippen molar-refractivity contribution in [3.05, 3.63) is 34.1 Å². The molecule has 6 heteroatoms. The number of hydrogen-bond acceptors (Lipinski definition) is 2. The Morgan fingerprint density at radius 2 is 2.19 bits per heavy atom. The Bertz CT molecular complexity index is 423. The zero-order chi connectivity index (χ0) is 12.1. The lowest BCUT2D eigenvalue weighted by Gasteiger charge is -2.03. The molecule has 88 valence electrons. The summed E-state index contributed by atoms with van der Waals surface area (Å²) in [5, 5.41) is 8.40. The summed E-state index contributed by atoms with van der Waals surface area (Å²) in [5.41, 5.74) is 0.340. The minimum absolute atomic E-state index is 0.0465. The highest BCUT2D eigenvalue weighted by molar-refractivity contribution is 9.10. The van der Waals surface area contributed by atoms with Crippen molar-refractivity contribution in [2.75, 3.05) is 5.75 Å². The monoisotopic (exact) mass is 308 g/mol. The van der Waals surface area contributed by atoms with Crippen molar-refractivity contribution in [2.24, 2.45) is 0 Å². The summed E-state index contributed by atoms with van der Waals surface area (Å²) >= 11 is 3.12. The predicted octanol–water partition coefficient (Wildman–Crippen LogP) is 2.31. The fourth-order valence-corrected chi connectivity index (χ4v) is 2.55. The Labute approximate surface area is 103 Å². The summed E-state index contributed by atoms with van der Waals surface area (Å²) in [6.07, 6.45) is -0.162. The number of halogens is 2. The van der Waals surface area contributed by atoms with Gasteiger partial charge in [-0.1, -0.05) is 22.0 Å². The second kappa shape index (κ2) is 6.10. The van der Waals surface area contributed by atoms with E-state index >= 15 is 0 Å². The molecule has 0 fully saturated rings. The molecule has 0 spiro atoms. The smallest absolute Gasteiger partial charge is 0.304 e. The third-order valence-corrected chi connectivity index (χ3v) is 3.66. The van der Waals surface area contributed by atoms with Crippen molar-refractivity contribution in [3.8, 4) is 0 Å². The zero-order valence-electron chi connectivity index (χ0n) is 8.28. The van der Waals surface area contributed by atoms with E-state index in [1.54, 1.807) is 6.07 Å². The van der Waals surface area contributed by atoms with Gasteiger partial charge < -0.3 is 5.11 Å². The van der Waals surface area contributed by atoms with Gasteiger partial charge in [0.15, 0.2) is 0 Å². The van der Waals surface area contributed by atoms with Crippen LogP contribution in [0.2, 0.25) is 0 Å². The average molecular weight is 309 g/mol. The van der Waals surface area contributed by atoms with Gasteiger partial charge in [-0.15, -0.1) is 0 Å². The molecule has 0 aromatic heterocycles. The molecule has 0 saturated heterocycles. The van der Waals surface area contributed by atoms with E-state index in [1.165, 1.54) is 12.1 Å². The average Bonchev–Trinajstić information content (AvgIpc) is 2.19. The molecule has 0 aliphatic rings. The molecule has 0 bridgehead atoms. The van der Waals surface area contributed by atoms with Crippen molar-refractivity contribution in [2.45, 2.75) is 12.2 Å². The molecule has 0 amide bonds. The number of carbonyl (C=O) groups is 1. The number of aliphatic carboxylic acids is 1. The van der Waals surface area contributed by atoms with Crippen LogP contribution in [0.4, 0.5) is 4.39 Å². The highest BCUT2D eigenvalue weighted by atomic mass is 79.9. The Morgan fingerprint density at radius 3 is 2.75 bits per heavy atom. The molecule has 0 aliphatic heterocycles. The number of hydrogen-bond donors (Lipinski definition) is 1. The second-order valence-electron chi connectivity index (χ2n) is 3.17. The van der Waals surface area contributed by atoms with Crippen LogP contribution in [0, 0.1) is 5.82 Å². The number of rotatable bonds is 5. The molecule has 1 atom stereocenters. The maximum Gasteiger partial charge on any atom is 0.304 e. The number of carboxylic acids is 1. The minimum Gasteiger partial charge on any atom is -0.481 e. The van der Waals surface area contributed by atoms with E-state index in [0.29, 0.717) is 10.0 Å².